The maximum atomic E-state index is 17.2. The summed E-state index contributed by atoms with van der Waals surface area (Å²) in [6.45, 7) is 3.02. The molecule has 2 aromatic carbocycles. The fourth-order valence-corrected chi connectivity index (χ4v) is 8.53. The van der Waals surface area contributed by atoms with E-state index < -0.39 is 23.3 Å². The maximum Gasteiger partial charge on any atom is 0.319 e. The standard InChI is InChI=1S/C32H30F3N7O3/c33-15-7-32(4-1-5-41(32)10-15)14-44-31-39-28-25(30(40-31)42-11-16-6-17(42)9-38-16)20-13-43-12-19(20)24(27(28)35)26-21(34)2-3-22-23(26)18(8-36)29(37)45-22/h2-3,15-17,38H,1,4-7,9-14,37H2/t15-,16-,17-,32+/m1/s1. The topological polar surface area (TPSA) is 126 Å². The van der Waals surface area contributed by atoms with Crippen LogP contribution in [0.25, 0.3) is 33.0 Å². The van der Waals surface area contributed by atoms with E-state index in [2.05, 4.69) is 20.1 Å². The van der Waals surface area contributed by atoms with Crippen molar-refractivity contribution in [1.29, 1.82) is 5.26 Å². The number of benzene rings is 2. The van der Waals surface area contributed by atoms with Gasteiger partial charge in [0.1, 0.15) is 47.1 Å². The molecule has 232 valence electrons. The molecule has 0 unspecified atom stereocenters. The Morgan fingerprint density at radius 1 is 1.16 bits per heavy atom. The summed E-state index contributed by atoms with van der Waals surface area (Å²) in [5.74, 6) is -1.13. The highest BCUT2D eigenvalue weighted by Crippen LogP contribution is 2.48. The van der Waals surface area contributed by atoms with Crippen LogP contribution in [0, 0.1) is 23.0 Å². The van der Waals surface area contributed by atoms with Crippen LogP contribution < -0.4 is 20.7 Å². The molecule has 13 heteroatoms. The molecular formula is C32H30F3N7O3. The molecule has 7 heterocycles. The van der Waals surface area contributed by atoms with E-state index in [0.717, 1.165) is 32.4 Å². The van der Waals surface area contributed by atoms with Crippen molar-refractivity contribution in [1.82, 2.24) is 20.2 Å². The van der Waals surface area contributed by atoms with Gasteiger partial charge in [0, 0.05) is 49.3 Å². The third-order valence-corrected chi connectivity index (χ3v) is 10.5. The molecule has 4 fully saturated rings. The number of fused-ring (bicyclic) bond motifs is 7. The van der Waals surface area contributed by atoms with E-state index in [9.17, 15) is 9.65 Å². The zero-order valence-corrected chi connectivity index (χ0v) is 24.3. The van der Waals surface area contributed by atoms with Gasteiger partial charge in [0.05, 0.1) is 29.5 Å². The van der Waals surface area contributed by atoms with Gasteiger partial charge in [0.25, 0.3) is 0 Å². The van der Waals surface area contributed by atoms with Crippen LogP contribution in [-0.2, 0) is 18.0 Å². The quantitative estimate of drug-likeness (QED) is 0.335. The summed E-state index contributed by atoms with van der Waals surface area (Å²) >= 11 is 0. The molecule has 4 atom stereocenters. The minimum absolute atomic E-state index is 0.00979. The summed E-state index contributed by atoms with van der Waals surface area (Å²) in [7, 11) is 0. The van der Waals surface area contributed by atoms with Crippen molar-refractivity contribution < 1.29 is 27.1 Å². The van der Waals surface area contributed by atoms with E-state index >= 15 is 8.78 Å². The van der Waals surface area contributed by atoms with Crippen molar-refractivity contribution in [3.8, 4) is 23.2 Å². The molecule has 0 amide bonds. The Balaban J connectivity index is 1.27. The minimum atomic E-state index is -0.926. The first kappa shape index (κ1) is 27.2. The lowest BCUT2D eigenvalue weighted by molar-refractivity contribution is 0.107. The second kappa shape index (κ2) is 9.69. The van der Waals surface area contributed by atoms with Crippen molar-refractivity contribution >= 4 is 33.6 Å². The summed E-state index contributed by atoms with van der Waals surface area (Å²) in [6, 6.07) is 4.97. The average molecular weight is 618 g/mol. The summed E-state index contributed by atoms with van der Waals surface area (Å²) in [6.07, 6.45) is 2.13. The molecule has 0 spiro atoms. The summed E-state index contributed by atoms with van der Waals surface area (Å²) in [5, 5.41) is 14.0. The number of ether oxygens (including phenoxy) is 2. The van der Waals surface area contributed by atoms with Crippen LogP contribution in [0.5, 0.6) is 6.01 Å². The molecule has 4 saturated heterocycles. The molecule has 4 aromatic rings. The maximum absolute atomic E-state index is 17.2. The highest BCUT2D eigenvalue weighted by molar-refractivity contribution is 6.05. The highest BCUT2D eigenvalue weighted by Gasteiger charge is 2.49. The number of nitrogens with one attached hydrogen (secondary N) is 1. The highest BCUT2D eigenvalue weighted by atomic mass is 19.1. The van der Waals surface area contributed by atoms with Crippen LogP contribution in [0.15, 0.2) is 16.5 Å². The molecule has 45 heavy (non-hydrogen) atoms. The third-order valence-electron chi connectivity index (χ3n) is 10.5. The Morgan fingerprint density at radius 2 is 2.02 bits per heavy atom. The number of nitriles is 1. The first-order chi connectivity index (χ1) is 21.8. The van der Waals surface area contributed by atoms with Gasteiger partial charge in [-0.2, -0.15) is 15.2 Å². The molecule has 2 aromatic heterocycles. The predicted octanol–water partition coefficient (Wildman–Crippen LogP) is 4.31. The van der Waals surface area contributed by atoms with Crippen molar-refractivity contribution in [2.75, 3.05) is 43.4 Å². The molecular weight excluding hydrogens is 587 g/mol. The summed E-state index contributed by atoms with van der Waals surface area (Å²) in [4.78, 5) is 13.8. The van der Waals surface area contributed by atoms with Crippen LogP contribution in [-0.4, -0.2) is 71.4 Å². The summed E-state index contributed by atoms with van der Waals surface area (Å²) in [5.41, 5.74) is 6.56. The van der Waals surface area contributed by atoms with Gasteiger partial charge in [0.15, 0.2) is 5.82 Å². The van der Waals surface area contributed by atoms with Gasteiger partial charge in [-0.1, -0.05) is 0 Å². The fourth-order valence-electron chi connectivity index (χ4n) is 8.53. The van der Waals surface area contributed by atoms with E-state index in [4.69, 9.17) is 24.6 Å². The van der Waals surface area contributed by atoms with Gasteiger partial charge < -0.3 is 29.8 Å². The van der Waals surface area contributed by atoms with E-state index in [1.165, 1.54) is 12.1 Å². The number of alkyl halides is 1. The first-order valence-corrected chi connectivity index (χ1v) is 15.4. The van der Waals surface area contributed by atoms with Crippen LogP contribution in [0.2, 0.25) is 0 Å². The number of aromatic nitrogens is 2. The number of nitrogens with two attached hydrogens (primary N) is 1. The molecule has 5 aliphatic rings. The van der Waals surface area contributed by atoms with E-state index in [1.807, 2.05) is 6.07 Å². The summed E-state index contributed by atoms with van der Waals surface area (Å²) < 4.78 is 65.2. The SMILES string of the molecule is N#Cc1c(N)oc2ccc(F)c(-c3c4c(c5c(N6C[C@H]7C[C@@H]6CN7)nc(OC[C@@]67CCCN6C[C@H](F)C7)nc5c3F)COC4)c12. The fraction of sp³-hybridized carbons (Fsp3) is 0.469. The smallest absolute Gasteiger partial charge is 0.319 e. The third kappa shape index (κ3) is 3.85. The number of nitrogens with zero attached hydrogens (tertiary/aromatic N) is 5. The van der Waals surface area contributed by atoms with E-state index in [-0.39, 0.29) is 77.0 Å². The number of nitrogen functional groups attached to an aromatic ring is 1. The van der Waals surface area contributed by atoms with Crippen LogP contribution in [0.1, 0.15) is 42.4 Å². The number of anilines is 2. The van der Waals surface area contributed by atoms with Crippen molar-refractivity contribution in [2.24, 2.45) is 0 Å². The van der Waals surface area contributed by atoms with Gasteiger partial charge in [-0.25, -0.2) is 13.2 Å². The Bertz CT molecular complexity index is 1960. The second-order valence-corrected chi connectivity index (χ2v) is 13.0. The van der Waals surface area contributed by atoms with E-state index in [1.54, 1.807) is 0 Å². The first-order valence-electron chi connectivity index (χ1n) is 15.4. The van der Waals surface area contributed by atoms with E-state index in [0.29, 0.717) is 41.8 Å². The molecule has 0 saturated carbocycles. The number of hydrogen-bond acceptors (Lipinski definition) is 10. The number of furan rings is 1. The van der Waals surface area contributed by atoms with Gasteiger partial charge in [0.2, 0.25) is 5.88 Å². The number of halogens is 3. The van der Waals surface area contributed by atoms with Gasteiger partial charge >= 0.3 is 6.01 Å². The largest absolute Gasteiger partial charge is 0.461 e. The lowest BCUT2D eigenvalue weighted by Crippen LogP contribution is -2.44. The Kier molecular flexibility index (Phi) is 5.86. The van der Waals surface area contributed by atoms with Gasteiger partial charge in [-0.3, -0.25) is 4.90 Å². The lowest BCUT2D eigenvalue weighted by Gasteiger charge is -2.32. The van der Waals surface area contributed by atoms with Crippen LogP contribution >= 0.6 is 0 Å². The van der Waals surface area contributed by atoms with Crippen molar-refractivity contribution in [2.45, 2.75) is 62.7 Å². The molecule has 10 nitrogen and oxygen atoms in total. The number of hydrogen-bond donors (Lipinski definition) is 2. The zero-order chi connectivity index (χ0) is 30.6. The lowest BCUT2D eigenvalue weighted by atomic mass is 9.90. The molecule has 5 aliphatic heterocycles. The molecule has 0 radical (unpaired) electrons. The number of piperazine rings is 1. The van der Waals surface area contributed by atoms with Gasteiger partial charge in [-0.05, 0) is 49.1 Å². The second-order valence-electron chi connectivity index (χ2n) is 13.0. The predicted molar refractivity (Wildman–Crippen MR) is 158 cm³/mol. The monoisotopic (exact) mass is 617 g/mol. The normalized spacial score (nSPS) is 27.2. The molecule has 2 bridgehead atoms. The Hall–Kier alpha value is -4.12. The van der Waals surface area contributed by atoms with Crippen molar-refractivity contribution in [3.05, 3.63) is 40.5 Å². The van der Waals surface area contributed by atoms with Crippen LogP contribution in [0.3, 0.4) is 0 Å². The number of rotatable bonds is 5. The zero-order valence-electron chi connectivity index (χ0n) is 24.3. The van der Waals surface area contributed by atoms with Crippen molar-refractivity contribution in [3.63, 3.8) is 0 Å². The average Bonchev–Trinajstić information content (AvgIpc) is 3.87. The molecule has 9 rings (SSSR count). The minimum Gasteiger partial charge on any atom is -0.461 e. The Labute approximate surface area is 255 Å². The Morgan fingerprint density at radius 3 is 2.82 bits per heavy atom. The van der Waals surface area contributed by atoms with Gasteiger partial charge in [-0.15, -0.1) is 0 Å². The van der Waals surface area contributed by atoms with Crippen LogP contribution in [0.4, 0.5) is 24.9 Å². The molecule has 3 N–H and O–H groups in total. The molecule has 0 aliphatic carbocycles.